The molecule has 1 saturated heterocycles. The van der Waals surface area contributed by atoms with E-state index < -0.39 is 36.0 Å². The Morgan fingerprint density at radius 2 is 1.86 bits per heavy atom. The molecule has 0 aromatic carbocycles. The zero-order valence-electron chi connectivity index (χ0n) is 17.5. The fraction of sp³-hybridized carbons (Fsp3) is 0.800. The minimum absolute atomic E-state index is 0.0260. The van der Waals surface area contributed by atoms with Gasteiger partial charge in [-0.2, -0.15) is 0 Å². The van der Waals surface area contributed by atoms with Gasteiger partial charge in [-0.25, -0.2) is 4.79 Å². The van der Waals surface area contributed by atoms with Gasteiger partial charge in [-0.1, -0.05) is 26.7 Å². The zero-order chi connectivity index (χ0) is 21.1. The van der Waals surface area contributed by atoms with E-state index in [2.05, 4.69) is 24.5 Å². The van der Waals surface area contributed by atoms with E-state index in [1.807, 2.05) is 4.90 Å². The second kappa shape index (κ2) is 8.92. The van der Waals surface area contributed by atoms with Crippen LogP contribution in [0, 0.1) is 17.8 Å². The maximum atomic E-state index is 12.4. The number of amides is 4. The van der Waals surface area contributed by atoms with Crippen LogP contribution in [-0.2, 0) is 19.1 Å². The number of carbonyl (C=O) groups excluding carboxylic acids is 4. The van der Waals surface area contributed by atoms with Crippen molar-refractivity contribution in [3.63, 3.8) is 0 Å². The SMILES string of the molecule is C[C@@H]1[C@H](C)CCC[C@H]1N1C[C@H](C(=O)OCC(=O)NC(=O)NC(C)(C)C)CC1=O. The Morgan fingerprint density at radius 3 is 2.50 bits per heavy atom. The van der Waals surface area contributed by atoms with E-state index in [1.165, 1.54) is 6.42 Å². The van der Waals surface area contributed by atoms with Gasteiger partial charge in [0, 0.05) is 24.5 Å². The first-order chi connectivity index (χ1) is 13.0. The minimum Gasteiger partial charge on any atom is -0.455 e. The Kier molecular flexibility index (Phi) is 7.06. The average Bonchev–Trinajstić information content (AvgIpc) is 2.95. The molecule has 4 amide bonds. The highest BCUT2D eigenvalue weighted by Crippen LogP contribution is 2.35. The van der Waals surface area contributed by atoms with Crippen LogP contribution in [0.3, 0.4) is 0 Å². The van der Waals surface area contributed by atoms with Crippen LogP contribution in [0.2, 0.25) is 0 Å². The van der Waals surface area contributed by atoms with Gasteiger partial charge in [0.2, 0.25) is 5.91 Å². The smallest absolute Gasteiger partial charge is 0.321 e. The predicted molar refractivity (Wildman–Crippen MR) is 103 cm³/mol. The van der Waals surface area contributed by atoms with Gasteiger partial charge in [0.15, 0.2) is 6.61 Å². The molecule has 0 aromatic heterocycles. The maximum absolute atomic E-state index is 12.4. The van der Waals surface area contributed by atoms with Gasteiger partial charge in [-0.05, 0) is 39.0 Å². The number of nitrogens with zero attached hydrogens (tertiary/aromatic N) is 1. The summed E-state index contributed by atoms with van der Waals surface area (Å²) in [5.41, 5.74) is -0.484. The molecule has 2 N–H and O–H groups in total. The van der Waals surface area contributed by atoms with Crippen molar-refractivity contribution in [3.8, 4) is 0 Å². The van der Waals surface area contributed by atoms with E-state index in [9.17, 15) is 19.2 Å². The van der Waals surface area contributed by atoms with E-state index in [0.717, 1.165) is 12.8 Å². The first-order valence-electron chi connectivity index (χ1n) is 10.1. The van der Waals surface area contributed by atoms with Crippen LogP contribution in [0.15, 0.2) is 0 Å². The van der Waals surface area contributed by atoms with Crippen LogP contribution < -0.4 is 10.6 Å². The van der Waals surface area contributed by atoms with Gasteiger partial charge in [-0.15, -0.1) is 0 Å². The summed E-state index contributed by atoms with van der Waals surface area (Å²) in [5.74, 6) is -0.903. The fourth-order valence-corrected chi connectivity index (χ4v) is 3.99. The van der Waals surface area contributed by atoms with Gasteiger partial charge >= 0.3 is 12.0 Å². The molecular weight excluding hydrogens is 362 g/mol. The Morgan fingerprint density at radius 1 is 1.18 bits per heavy atom. The molecule has 0 bridgehead atoms. The van der Waals surface area contributed by atoms with Crippen molar-refractivity contribution >= 4 is 23.8 Å². The number of likely N-dealkylation sites (tertiary alicyclic amines) is 1. The number of hydrogen-bond acceptors (Lipinski definition) is 5. The predicted octanol–water partition coefficient (Wildman–Crippen LogP) is 1.83. The minimum atomic E-state index is -0.703. The summed E-state index contributed by atoms with van der Waals surface area (Å²) in [6.45, 7) is 9.52. The molecule has 28 heavy (non-hydrogen) atoms. The lowest BCUT2D eigenvalue weighted by Crippen LogP contribution is -2.49. The van der Waals surface area contributed by atoms with Crippen LogP contribution in [-0.4, -0.2) is 53.4 Å². The Balaban J connectivity index is 1.81. The highest BCUT2D eigenvalue weighted by molar-refractivity contribution is 5.96. The van der Waals surface area contributed by atoms with Crippen LogP contribution in [0.25, 0.3) is 0 Å². The first-order valence-corrected chi connectivity index (χ1v) is 10.1. The van der Waals surface area contributed by atoms with Crippen molar-refractivity contribution in [2.45, 2.75) is 71.9 Å². The van der Waals surface area contributed by atoms with E-state index in [0.29, 0.717) is 18.4 Å². The summed E-state index contributed by atoms with van der Waals surface area (Å²) in [5, 5.41) is 4.70. The molecule has 1 aliphatic heterocycles. The molecular formula is C20H33N3O5. The molecule has 1 heterocycles. The van der Waals surface area contributed by atoms with Crippen LogP contribution >= 0.6 is 0 Å². The molecule has 2 aliphatic rings. The lowest BCUT2D eigenvalue weighted by atomic mass is 9.77. The van der Waals surface area contributed by atoms with E-state index in [4.69, 9.17) is 4.74 Å². The van der Waals surface area contributed by atoms with Crippen molar-refractivity contribution in [1.29, 1.82) is 0 Å². The number of nitrogens with one attached hydrogen (secondary N) is 2. The molecule has 0 spiro atoms. The maximum Gasteiger partial charge on any atom is 0.321 e. The third-order valence-corrected chi connectivity index (χ3v) is 5.64. The number of imide groups is 1. The molecule has 4 atom stereocenters. The van der Waals surface area contributed by atoms with Gasteiger partial charge < -0.3 is 15.0 Å². The monoisotopic (exact) mass is 395 g/mol. The van der Waals surface area contributed by atoms with Crippen LogP contribution in [0.5, 0.6) is 0 Å². The number of carbonyl (C=O) groups is 4. The Hall–Kier alpha value is -2.12. The van der Waals surface area contributed by atoms with Gasteiger partial charge in [0.1, 0.15) is 0 Å². The summed E-state index contributed by atoms with van der Waals surface area (Å²) in [6.07, 6.45) is 3.34. The van der Waals surface area contributed by atoms with Crippen molar-refractivity contribution < 1.29 is 23.9 Å². The lowest BCUT2D eigenvalue weighted by molar-refractivity contribution is -0.152. The van der Waals surface area contributed by atoms with Gasteiger partial charge in [0.25, 0.3) is 5.91 Å². The van der Waals surface area contributed by atoms with E-state index in [-0.39, 0.29) is 18.4 Å². The molecule has 0 unspecified atom stereocenters. The summed E-state index contributed by atoms with van der Waals surface area (Å²) in [6, 6.07) is -0.477. The molecule has 8 nitrogen and oxygen atoms in total. The molecule has 0 aromatic rings. The highest BCUT2D eigenvalue weighted by Gasteiger charge is 2.42. The quantitative estimate of drug-likeness (QED) is 0.707. The van der Waals surface area contributed by atoms with E-state index >= 15 is 0 Å². The molecule has 0 radical (unpaired) electrons. The van der Waals surface area contributed by atoms with Gasteiger partial charge in [0.05, 0.1) is 5.92 Å². The molecule has 1 saturated carbocycles. The molecule has 2 fully saturated rings. The zero-order valence-corrected chi connectivity index (χ0v) is 17.5. The van der Waals surface area contributed by atoms with Crippen molar-refractivity contribution in [1.82, 2.24) is 15.5 Å². The number of urea groups is 1. The number of esters is 1. The molecule has 2 rings (SSSR count). The van der Waals surface area contributed by atoms with E-state index in [1.54, 1.807) is 20.8 Å². The molecule has 1 aliphatic carbocycles. The number of hydrogen-bond donors (Lipinski definition) is 2. The standard InChI is InChI=1S/C20H33N3O5/c1-12-7-6-8-15(13(12)2)23-10-14(9-17(23)25)18(26)28-11-16(24)21-19(27)22-20(3,4)5/h12-15H,6-11H2,1-5H3,(H2,21,22,24,27)/t12-,13-,14-,15-/m1/s1. The average molecular weight is 396 g/mol. The topological polar surface area (TPSA) is 105 Å². The molecule has 158 valence electrons. The largest absolute Gasteiger partial charge is 0.455 e. The summed E-state index contributed by atoms with van der Waals surface area (Å²) in [4.78, 5) is 50.0. The third-order valence-electron chi connectivity index (χ3n) is 5.64. The first kappa shape index (κ1) is 22.2. The highest BCUT2D eigenvalue weighted by atomic mass is 16.5. The lowest BCUT2D eigenvalue weighted by Gasteiger charge is -2.39. The second-order valence-electron chi connectivity index (χ2n) is 9.14. The Bertz CT molecular complexity index is 628. The van der Waals surface area contributed by atoms with Crippen molar-refractivity contribution in [3.05, 3.63) is 0 Å². The Labute approximate surface area is 166 Å². The van der Waals surface area contributed by atoms with Crippen LogP contribution in [0.4, 0.5) is 4.79 Å². The second-order valence-corrected chi connectivity index (χ2v) is 9.14. The number of rotatable bonds is 4. The fourth-order valence-electron chi connectivity index (χ4n) is 3.99. The van der Waals surface area contributed by atoms with Crippen molar-refractivity contribution in [2.24, 2.45) is 17.8 Å². The normalized spacial score (nSPS) is 28.0. The van der Waals surface area contributed by atoms with Gasteiger partial charge in [-0.3, -0.25) is 19.7 Å². The third kappa shape index (κ3) is 5.94. The number of ether oxygens (including phenoxy) is 1. The molecule has 8 heteroatoms. The summed E-state index contributed by atoms with van der Waals surface area (Å²) in [7, 11) is 0. The van der Waals surface area contributed by atoms with Crippen LogP contribution in [0.1, 0.15) is 60.3 Å². The van der Waals surface area contributed by atoms with Crippen molar-refractivity contribution in [2.75, 3.05) is 13.2 Å². The summed E-state index contributed by atoms with van der Waals surface area (Å²) < 4.78 is 5.04. The summed E-state index contributed by atoms with van der Waals surface area (Å²) >= 11 is 0.